The molecule has 2 heterocycles. The highest BCUT2D eigenvalue weighted by Crippen LogP contribution is 2.31. The van der Waals surface area contributed by atoms with Crippen LogP contribution in [-0.2, 0) is 6.42 Å². The van der Waals surface area contributed by atoms with Crippen molar-refractivity contribution in [2.75, 3.05) is 5.88 Å². The van der Waals surface area contributed by atoms with E-state index in [9.17, 15) is 0 Å². The molecule has 0 atom stereocenters. The zero-order chi connectivity index (χ0) is 11.5. The predicted molar refractivity (Wildman–Crippen MR) is 68.3 cm³/mol. The summed E-state index contributed by atoms with van der Waals surface area (Å²) in [6, 6.07) is 2.14. The highest BCUT2D eigenvalue weighted by Gasteiger charge is 2.09. The van der Waals surface area contributed by atoms with Crippen molar-refractivity contribution in [1.29, 1.82) is 0 Å². The van der Waals surface area contributed by atoms with Gasteiger partial charge >= 0.3 is 0 Å². The van der Waals surface area contributed by atoms with Gasteiger partial charge < -0.3 is 4.42 Å². The number of alkyl halides is 1. The van der Waals surface area contributed by atoms with E-state index >= 15 is 0 Å². The molecule has 0 N–H and O–H groups in total. The maximum absolute atomic E-state index is 5.68. The van der Waals surface area contributed by atoms with Crippen LogP contribution in [0.5, 0.6) is 0 Å². The summed E-state index contributed by atoms with van der Waals surface area (Å²) in [5.74, 6) is 2.29. The molecule has 0 unspecified atom stereocenters. The Bertz CT molecular complexity index is 456. The van der Waals surface area contributed by atoms with Crippen LogP contribution >= 0.6 is 22.9 Å². The molecule has 2 aromatic rings. The predicted octanol–water partition coefficient (Wildman–Crippen LogP) is 4.19. The van der Waals surface area contributed by atoms with Crippen molar-refractivity contribution in [3.8, 4) is 10.6 Å². The van der Waals surface area contributed by atoms with Crippen molar-refractivity contribution >= 4 is 22.9 Å². The third kappa shape index (κ3) is 2.47. The normalized spacial score (nSPS) is 10.9. The smallest absolute Gasteiger partial charge is 0.194 e. The lowest BCUT2D eigenvalue weighted by Crippen LogP contribution is -1.84. The number of aryl methyl sites for hydroxylation is 3. The molecule has 0 spiro atoms. The van der Waals surface area contributed by atoms with Gasteiger partial charge in [0.05, 0.1) is 11.1 Å². The van der Waals surface area contributed by atoms with Gasteiger partial charge in [0.2, 0.25) is 0 Å². The van der Waals surface area contributed by atoms with E-state index in [4.69, 9.17) is 16.0 Å². The molecular formula is C12H14ClNOS. The molecule has 0 saturated heterocycles. The van der Waals surface area contributed by atoms with Crippen LogP contribution in [0.3, 0.4) is 0 Å². The van der Waals surface area contributed by atoms with Gasteiger partial charge in [-0.1, -0.05) is 0 Å². The highest BCUT2D eigenvalue weighted by molar-refractivity contribution is 7.15. The fourth-order valence-corrected chi connectivity index (χ4v) is 2.57. The number of aromatic nitrogens is 1. The second kappa shape index (κ2) is 5.02. The molecule has 86 valence electrons. The minimum absolute atomic E-state index is 0.648. The Morgan fingerprint density at radius 2 is 2.25 bits per heavy atom. The van der Waals surface area contributed by atoms with Gasteiger partial charge in [-0.2, -0.15) is 0 Å². The van der Waals surface area contributed by atoms with Gasteiger partial charge in [0.1, 0.15) is 0 Å². The van der Waals surface area contributed by atoms with Gasteiger partial charge in [0.25, 0.3) is 0 Å². The van der Waals surface area contributed by atoms with Crippen LogP contribution in [0, 0.1) is 13.8 Å². The maximum atomic E-state index is 5.68. The van der Waals surface area contributed by atoms with Gasteiger partial charge in [0.15, 0.2) is 11.7 Å². The second-order valence-electron chi connectivity index (χ2n) is 3.76. The van der Waals surface area contributed by atoms with Crippen LogP contribution in [0.25, 0.3) is 10.6 Å². The summed E-state index contributed by atoms with van der Waals surface area (Å²) < 4.78 is 5.68. The lowest BCUT2D eigenvalue weighted by Gasteiger charge is -1.91. The minimum Gasteiger partial charge on any atom is -0.440 e. The summed E-state index contributed by atoms with van der Waals surface area (Å²) in [6.45, 7) is 4.23. The lowest BCUT2D eigenvalue weighted by atomic mass is 10.3. The minimum atomic E-state index is 0.648. The van der Waals surface area contributed by atoms with Crippen molar-refractivity contribution < 1.29 is 4.42 Å². The first-order chi connectivity index (χ1) is 7.70. The van der Waals surface area contributed by atoms with Crippen LogP contribution in [-0.4, -0.2) is 10.9 Å². The lowest BCUT2D eigenvalue weighted by molar-refractivity contribution is 0.504. The van der Waals surface area contributed by atoms with Crippen molar-refractivity contribution in [2.45, 2.75) is 26.7 Å². The molecular weight excluding hydrogens is 242 g/mol. The number of nitrogens with zero attached hydrogens (tertiary/aromatic N) is 1. The average molecular weight is 256 g/mol. The van der Waals surface area contributed by atoms with E-state index in [1.807, 2.05) is 0 Å². The van der Waals surface area contributed by atoms with E-state index in [2.05, 4.69) is 24.9 Å². The van der Waals surface area contributed by atoms with Gasteiger partial charge in [0, 0.05) is 17.2 Å². The van der Waals surface area contributed by atoms with Crippen molar-refractivity contribution in [3.63, 3.8) is 0 Å². The molecule has 0 aliphatic heterocycles. The number of thiophene rings is 1. The molecule has 2 aromatic heterocycles. The average Bonchev–Trinajstić information content (AvgIpc) is 2.84. The third-order valence-corrected chi connectivity index (χ3v) is 3.92. The Balaban J connectivity index is 2.18. The first-order valence-electron chi connectivity index (χ1n) is 5.29. The van der Waals surface area contributed by atoms with Crippen LogP contribution in [0.1, 0.15) is 22.8 Å². The SMILES string of the molecule is Cc1cc(-c2cnc(CCCCl)o2)sc1C. The summed E-state index contributed by atoms with van der Waals surface area (Å²) in [5.41, 5.74) is 1.30. The monoisotopic (exact) mass is 255 g/mol. The highest BCUT2D eigenvalue weighted by atomic mass is 35.5. The number of halogens is 1. The first-order valence-corrected chi connectivity index (χ1v) is 6.64. The van der Waals surface area contributed by atoms with Crippen LogP contribution in [0.15, 0.2) is 16.7 Å². The molecule has 0 aliphatic rings. The molecule has 0 aromatic carbocycles. The number of hydrogen-bond acceptors (Lipinski definition) is 3. The molecule has 0 saturated carbocycles. The van der Waals surface area contributed by atoms with E-state index in [1.54, 1.807) is 17.5 Å². The molecule has 2 nitrogen and oxygen atoms in total. The Morgan fingerprint density at radius 3 is 2.88 bits per heavy atom. The number of rotatable bonds is 4. The van der Waals surface area contributed by atoms with Gasteiger partial charge in [-0.25, -0.2) is 4.98 Å². The van der Waals surface area contributed by atoms with Gasteiger partial charge in [-0.15, -0.1) is 22.9 Å². The first kappa shape index (κ1) is 11.7. The van der Waals surface area contributed by atoms with E-state index in [0.717, 1.165) is 29.4 Å². The Kier molecular flexibility index (Phi) is 3.66. The maximum Gasteiger partial charge on any atom is 0.194 e. The summed E-state index contributed by atoms with van der Waals surface area (Å²) in [4.78, 5) is 6.73. The molecule has 16 heavy (non-hydrogen) atoms. The molecule has 0 bridgehead atoms. The second-order valence-corrected chi connectivity index (χ2v) is 5.39. The summed E-state index contributed by atoms with van der Waals surface area (Å²) >= 11 is 7.38. The fourth-order valence-electron chi connectivity index (χ4n) is 1.45. The summed E-state index contributed by atoms with van der Waals surface area (Å²) in [7, 11) is 0. The molecule has 0 fully saturated rings. The molecule has 0 amide bonds. The van der Waals surface area contributed by atoms with Gasteiger partial charge in [-0.05, 0) is 31.9 Å². The largest absolute Gasteiger partial charge is 0.440 e. The standard InChI is InChI=1S/C12H14ClNOS/c1-8-6-11(16-9(8)2)10-7-14-12(15-10)4-3-5-13/h6-7H,3-5H2,1-2H3. The zero-order valence-corrected chi connectivity index (χ0v) is 11.0. The van der Waals surface area contributed by atoms with E-state index in [-0.39, 0.29) is 0 Å². The summed E-state index contributed by atoms with van der Waals surface area (Å²) in [5, 5.41) is 0. The van der Waals surface area contributed by atoms with Crippen LogP contribution < -0.4 is 0 Å². The number of oxazole rings is 1. The zero-order valence-electron chi connectivity index (χ0n) is 9.42. The van der Waals surface area contributed by atoms with E-state index in [0.29, 0.717) is 5.88 Å². The number of hydrogen-bond donors (Lipinski definition) is 0. The Labute approximate surface area is 104 Å². The van der Waals surface area contributed by atoms with Crippen molar-refractivity contribution in [2.24, 2.45) is 0 Å². The molecule has 0 aliphatic carbocycles. The van der Waals surface area contributed by atoms with Crippen molar-refractivity contribution in [3.05, 3.63) is 28.6 Å². The van der Waals surface area contributed by atoms with Crippen LogP contribution in [0.2, 0.25) is 0 Å². The topological polar surface area (TPSA) is 26.0 Å². The summed E-state index contributed by atoms with van der Waals surface area (Å²) in [6.07, 6.45) is 3.52. The molecule has 4 heteroatoms. The third-order valence-electron chi connectivity index (χ3n) is 2.49. The Hall–Kier alpha value is -0.800. The van der Waals surface area contributed by atoms with Crippen molar-refractivity contribution in [1.82, 2.24) is 4.98 Å². The molecule has 0 radical (unpaired) electrons. The Morgan fingerprint density at radius 1 is 1.44 bits per heavy atom. The van der Waals surface area contributed by atoms with E-state index in [1.165, 1.54) is 10.4 Å². The fraction of sp³-hybridized carbons (Fsp3) is 0.417. The quantitative estimate of drug-likeness (QED) is 0.766. The van der Waals surface area contributed by atoms with Gasteiger partial charge in [-0.3, -0.25) is 0 Å². The van der Waals surface area contributed by atoms with E-state index < -0.39 is 0 Å². The molecule has 2 rings (SSSR count). The van der Waals surface area contributed by atoms with Crippen LogP contribution in [0.4, 0.5) is 0 Å².